The first-order chi connectivity index (χ1) is 16.3. The molecule has 6 rings (SSSR count). The third-order valence-corrected chi connectivity index (χ3v) is 7.75. The average molecular weight is 468 g/mol. The topological polar surface area (TPSA) is 100 Å². The van der Waals surface area contributed by atoms with Crippen molar-refractivity contribution >= 4 is 29.1 Å². The van der Waals surface area contributed by atoms with Gasteiger partial charge in [0, 0.05) is 12.1 Å². The molecular formula is C26H30FN3O4. The predicted octanol–water partition coefficient (Wildman–Crippen LogP) is 4.64. The first-order valence-corrected chi connectivity index (χ1v) is 12.0. The highest BCUT2D eigenvalue weighted by molar-refractivity contribution is 6.05. The number of rotatable bonds is 7. The maximum Gasteiger partial charge on any atom is 0.259 e. The van der Waals surface area contributed by atoms with Crippen LogP contribution in [-0.2, 0) is 9.59 Å². The monoisotopic (exact) mass is 467 g/mol. The van der Waals surface area contributed by atoms with E-state index in [9.17, 15) is 18.8 Å². The van der Waals surface area contributed by atoms with E-state index in [2.05, 4.69) is 16.0 Å². The summed E-state index contributed by atoms with van der Waals surface area (Å²) in [4.78, 5) is 37.4. The van der Waals surface area contributed by atoms with Gasteiger partial charge in [-0.15, -0.1) is 0 Å². The van der Waals surface area contributed by atoms with Crippen LogP contribution in [0, 0.1) is 35.9 Å². The van der Waals surface area contributed by atoms with Crippen LogP contribution in [0.15, 0.2) is 34.9 Å². The van der Waals surface area contributed by atoms with E-state index in [-0.39, 0.29) is 23.6 Å². The molecule has 0 radical (unpaired) electrons. The fourth-order valence-corrected chi connectivity index (χ4v) is 6.80. The fraction of sp³-hybridized carbons (Fsp3) is 0.500. The number of furan rings is 1. The molecule has 3 N–H and O–H groups in total. The van der Waals surface area contributed by atoms with Crippen LogP contribution in [-0.4, -0.2) is 24.3 Å². The molecule has 4 saturated carbocycles. The van der Waals surface area contributed by atoms with Crippen molar-refractivity contribution in [3.63, 3.8) is 0 Å². The van der Waals surface area contributed by atoms with Crippen LogP contribution >= 0.6 is 0 Å². The van der Waals surface area contributed by atoms with Crippen molar-refractivity contribution in [1.82, 2.24) is 5.32 Å². The number of amides is 3. The number of hydrogen-bond donors (Lipinski definition) is 3. The van der Waals surface area contributed by atoms with Crippen LogP contribution in [0.4, 0.5) is 15.8 Å². The Morgan fingerprint density at radius 2 is 1.68 bits per heavy atom. The molecule has 0 saturated heterocycles. The van der Waals surface area contributed by atoms with Crippen LogP contribution < -0.4 is 16.0 Å². The molecular weight excluding hydrogens is 437 g/mol. The third-order valence-electron chi connectivity index (χ3n) is 7.75. The molecule has 4 aliphatic rings. The van der Waals surface area contributed by atoms with E-state index in [0.29, 0.717) is 23.4 Å². The second-order valence-corrected chi connectivity index (χ2v) is 10.5. The molecule has 0 unspecified atom stereocenters. The molecule has 1 aromatic carbocycles. The summed E-state index contributed by atoms with van der Waals surface area (Å²) in [5, 5.41) is 7.90. The minimum absolute atomic E-state index is 0.0609. The van der Waals surface area contributed by atoms with Crippen LogP contribution in [0.5, 0.6) is 0 Å². The highest BCUT2D eigenvalue weighted by atomic mass is 19.1. The second kappa shape index (κ2) is 8.89. The molecule has 34 heavy (non-hydrogen) atoms. The van der Waals surface area contributed by atoms with Crippen molar-refractivity contribution in [3.8, 4) is 0 Å². The van der Waals surface area contributed by atoms with Crippen LogP contribution in [0.25, 0.3) is 0 Å². The van der Waals surface area contributed by atoms with Gasteiger partial charge in [-0.05, 0) is 92.9 Å². The van der Waals surface area contributed by atoms with E-state index < -0.39 is 17.6 Å². The number of benzene rings is 1. The van der Waals surface area contributed by atoms with E-state index in [1.165, 1.54) is 49.8 Å². The van der Waals surface area contributed by atoms with Gasteiger partial charge in [-0.25, -0.2) is 4.39 Å². The van der Waals surface area contributed by atoms with Crippen molar-refractivity contribution < 1.29 is 23.2 Å². The van der Waals surface area contributed by atoms with Gasteiger partial charge in [0.15, 0.2) is 0 Å². The lowest BCUT2D eigenvalue weighted by atomic mass is 9.49. The molecule has 180 valence electrons. The summed E-state index contributed by atoms with van der Waals surface area (Å²) in [6.45, 7) is 1.48. The molecule has 0 spiro atoms. The molecule has 7 nitrogen and oxygen atoms in total. The summed E-state index contributed by atoms with van der Waals surface area (Å²) in [6, 6.07) is 5.42. The zero-order chi connectivity index (χ0) is 23.9. The average Bonchev–Trinajstić information content (AvgIpc) is 3.19. The van der Waals surface area contributed by atoms with Gasteiger partial charge in [-0.3, -0.25) is 14.4 Å². The van der Waals surface area contributed by atoms with Gasteiger partial charge >= 0.3 is 0 Å². The predicted molar refractivity (Wildman–Crippen MR) is 125 cm³/mol. The zero-order valence-corrected chi connectivity index (χ0v) is 19.3. The van der Waals surface area contributed by atoms with Crippen LogP contribution in [0.3, 0.4) is 0 Å². The lowest BCUT2D eigenvalue weighted by molar-refractivity contribution is -0.131. The van der Waals surface area contributed by atoms with E-state index in [0.717, 1.165) is 37.0 Å². The summed E-state index contributed by atoms with van der Waals surface area (Å²) in [5.41, 5.74) is 0.679. The molecule has 8 heteroatoms. The number of nitrogens with one attached hydrogen (secondary N) is 3. The molecule has 3 amide bonds. The lowest BCUT2D eigenvalue weighted by Gasteiger charge is -2.56. The zero-order valence-electron chi connectivity index (χ0n) is 19.3. The van der Waals surface area contributed by atoms with E-state index in [4.69, 9.17) is 4.42 Å². The van der Waals surface area contributed by atoms with Gasteiger partial charge in [0.1, 0.15) is 11.6 Å². The number of halogens is 1. The highest BCUT2D eigenvalue weighted by Gasteiger charge is 2.51. The van der Waals surface area contributed by atoms with E-state index in [1.807, 2.05) is 0 Å². The molecule has 2 aromatic rings. The summed E-state index contributed by atoms with van der Waals surface area (Å²) < 4.78 is 19.3. The third kappa shape index (κ3) is 4.72. The SMILES string of the molecule is Cc1occc1C(=O)Nc1cc(NC(=O)CNC(=O)CC23CC4CC(CC(C4)C2)C3)ccc1F. The van der Waals surface area contributed by atoms with Gasteiger partial charge < -0.3 is 20.4 Å². The number of aryl methyl sites for hydroxylation is 1. The molecule has 4 aliphatic carbocycles. The first-order valence-electron chi connectivity index (χ1n) is 12.0. The van der Waals surface area contributed by atoms with Crippen molar-refractivity contribution in [2.24, 2.45) is 23.2 Å². The summed E-state index contributed by atoms with van der Waals surface area (Å²) in [7, 11) is 0. The minimum atomic E-state index is -0.628. The standard InChI is InChI=1S/C26H30FN3O4/c1-15-20(4-5-34-15)25(33)30-22-9-19(2-3-21(22)27)29-24(32)14-28-23(31)13-26-10-16-6-17(11-26)8-18(7-16)12-26/h2-5,9,16-18H,6-8,10-14H2,1H3,(H,28,31)(H,29,32)(H,30,33). The summed E-state index contributed by atoms with van der Waals surface area (Å²) in [6.07, 6.45) is 9.27. The quantitative estimate of drug-likeness (QED) is 0.552. The molecule has 1 heterocycles. The first kappa shape index (κ1) is 22.6. The maximum atomic E-state index is 14.2. The smallest absolute Gasteiger partial charge is 0.259 e. The molecule has 4 fully saturated rings. The van der Waals surface area contributed by atoms with Gasteiger partial charge in [0.2, 0.25) is 11.8 Å². The summed E-state index contributed by atoms with van der Waals surface area (Å²) in [5.74, 6) is 1.11. The second-order valence-electron chi connectivity index (χ2n) is 10.5. The summed E-state index contributed by atoms with van der Waals surface area (Å²) >= 11 is 0. The van der Waals surface area contributed by atoms with Gasteiger partial charge in [-0.2, -0.15) is 0 Å². The van der Waals surface area contributed by atoms with Crippen molar-refractivity contribution in [3.05, 3.63) is 47.7 Å². The molecule has 1 aromatic heterocycles. The highest BCUT2D eigenvalue weighted by Crippen LogP contribution is 2.61. The minimum Gasteiger partial charge on any atom is -0.469 e. The number of hydrogen-bond acceptors (Lipinski definition) is 4. The van der Waals surface area contributed by atoms with Gasteiger partial charge in [0.25, 0.3) is 5.91 Å². The number of carbonyl (C=O) groups is 3. The van der Waals surface area contributed by atoms with Crippen molar-refractivity contribution in [2.75, 3.05) is 17.2 Å². The Morgan fingerprint density at radius 3 is 2.29 bits per heavy atom. The maximum absolute atomic E-state index is 14.2. The Morgan fingerprint density at radius 1 is 1.00 bits per heavy atom. The van der Waals surface area contributed by atoms with Crippen molar-refractivity contribution in [2.45, 2.75) is 51.9 Å². The Labute approximate surface area is 197 Å². The molecule has 4 bridgehead atoms. The number of anilines is 2. The van der Waals surface area contributed by atoms with Gasteiger partial charge in [-0.1, -0.05) is 0 Å². The van der Waals surface area contributed by atoms with Crippen molar-refractivity contribution in [1.29, 1.82) is 0 Å². The Hall–Kier alpha value is -3.16. The van der Waals surface area contributed by atoms with Crippen LogP contribution in [0.2, 0.25) is 0 Å². The Balaban J connectivity index is 1.14. The largest absolute Gasteiger partial charge is 0.469 e. The Bertz CT molecular complexity index is 1090. The fourth-order valence-electron chi connectivity index (χ4n) is 6.80. The van der Waals surface area contributed by atoms with Gasteiger partial charge in [0.05, 0.1) is 24.1 Å². The molecule has 0 atom stereocenters. The Kier molecular flexibility index (Phi) is 5.91. The normalized spacial score (nSPS) is 26.8. The lowest BCUT2D eigenvalue weighted by Crippen LogP contribution is -2.48. The molecule has 0 aliphatic heterocycles. The number of carbonyl (C=O) groups excluding carboxylic acids is 3. The van der Waals surface area contributed by atoms with Crippen LogP contribution in [0.1, 0.15) is 61.1 Å². The van der Waals surface area contributed by atoms with E-state index >= 15 is 0 Å². The van der Waals surface area contributed by atoms with E-state index in [1.54, 1.807) is 6.92 Å².